The first-order valence-electron chi connectivity index (χ1n) is 5.90. The third-order valence-electron chi connectivity index (χ3n) is 2.75. The van der Waals surface area contributed by atoms with Crippen molar-refractivity contribution in [3.8, 4) is 5.75 Å². The van der Waals surface area contributed by atoms with Crippen LogP contribution in [0.3, 0.4) is 0 Å². The average molecular weight is 398 g/mol. The van der Waals surface area contributed by atoms with E-state index in [1.54, 1.807) is 12.1 Å². The molecule has 0 atom stereocenters. The van der Waals surface area contributed by atoms with Crippen molar-refractivity contribution in [2.75, 3.05) is 12.4 Å². The highest BCUT2D eigenvalue weighted by Crippen LogP contribution is 2.25. The number of nitro benzene ring substituents is 1. The molecule has 2 rings (SSSR count). The van der Waals surface area contributed by atoms with Crippen LogP contribution in [-0.2, 0) is 0 Å². The second kappa shape index (κ2) is 6.53. The van der Waals surface area contributed by atoms with Crippen LogP contribution >= 0.6 is 22.6 Å². The molecule has 0 aliphatic heterocycles. The zero-order chi connectivity index (χ0) is 15.4. The molecule has 0 bridgehead atoms. The number of amides is 1. The van der Waals surface area contributed by atoms with E-state index in [-0.39, 0.29) is 11.3 Å². The smallest absolute Gasteiger partial charge is 0.282 e. The first kappa shape index (κ1) is 15.2. The lowest BCUT2D eigenvalue weighted by Crippen LogP contribution is -2.14. The normalized spacial score (nSPS) is 10.0. The van der Waals surface area contributed by atoms with E-state index in [0.29, 0.717) is 11.4 Å². The molecule has 6 nitrogen and oxygen atoms in total. The molecule has 0 fully saturated rings. The molecular weight excluding hydrogens is 387 g/mol. The van der Waals surface area contributed by atoms with Crippen LogP contribution in [0.1, 0.15) is 10.4 Å². The zero-order valence-corrected chi connectivity index (χ0v) is 13.2. The van der Waals surface area contributed by atoms with E-state index in [1.807, 2.05) is 12.1 Å². The highest BCUT2D eigenvalue weighted by atomic mass is 127. The van der Waals surface area contributed by atoms with Crippen LogP contribution in [0.2, 0.25) is 0 Å². The van der Waals surface area contributed by atoms with E-state index in [2.05, 4.69) is 27.9 Å². The van der Waals surface area contributed by atoms with E-state index in [4.69, 9.17) is 4.74 Å². The molecule has 0 spiro atoms. The van der Waals surface area contributed by atoms with Crippen molar-refractivity contribution in [2.45, 2.75) is 0 Å². The van der Waals surface area contributed by atoms with Gasteiger partial charge in [0.25, 0.3) is 11.6 Å². The van der Waals surface area contributed by atoms with E-state index in [0.717, 1.165) is 3.57 Å². The lowest BCUT2D eigenvalue weighted by Gasteiger charge is -2.07. The average Bonchev–Trinajstić information content (AvgIpc) is 2.48. The number of nitro groups is 1. The molecule has 0 aromatic heterocycles. The summed E-state index contributed by atoms with van der Waals surface area (Å²) >= 11 is 2.15. The summed E-state index contributed by atoms with van der Waals surface area (Å²) in [4.78, 5) is 22.6. The molecule has 0 saturated heterocycles. The number of rotatable bonds is 4. The summed E-state index contributed by atoms with van der Waals surface area (Å²) in [5.41, 5.74) is 0.259. The van der Waals surface area contributed by atoms with Crippen LogP contribution in [0.5, 0.6) is 5.75 Å². The fourth-order valence-corrected chi connectivity index (χ4v) is 2.07. The molecule has 7 heteroatoms. The zero-order valence-electron chi connectivity index (χ0n) is 11.0. The number of methoxy groups -OCH3 is 1. The van der Waals surface area contributed by atoms with Gasteiger partial charge in [0.1, 0.15) is 11.3 Å². The Kier molecular flexibility index (Phi) is 4.73. The lowest BCUT2D eigenvalue weighted by molar-refractivity contribution is -0.385. The van der Waals surface area contributed by atoms with Gasteiger partial charge in [0.15, 0.2) is 0 Å². The Balaban J connectivity index is 2.33. The maximum Gasteiger partial charge on any atom is 0.282 e. The van der Waals surface area contributed by atoms with Crippen molar-refractivity contribution >= 4 is 39.9 Å². The Bertz CT molecular complexity index is 686. The molecule has 2 aromatic carbocycles. The van der Waals surface area contributed by atoms with Crippen LogP contribution < -0.4 is 10.1 Å². The maximum absolute atomic E-state index is 12.2. The summed E-state index contributed by atoms with van der Waals surface area (Å²) in [6.07, 6.45) is 0. The number of anilines is 1. The number of hydrogen-bond donors (Lipinski definition) is 1. The predicted molar refractivity (Wildman–Crippen MR) is 86.8 cm³/mol. The van der Waals surface area contributed by atoms with Crippen molar-refractivity contribution in [3.63, 3.8) is 0 Å². The molecule has 0 unspecified atom stereocenters. The van der Waals surface area contributed by atoms with E-state index < -0.39 is 10.8 Å². The van der Waals surface area contributed by atoms with Gasteiger partial charge < -0.3 is 10.1 Å². The summed E-state index contributed by atoms with van der Waals surface area (Å²) in [5, 5.41) is 13.6. The Hall–Kier alpha value is -2.16. The monoisotopic (exact) mass is 398 g/mol. The van der Waals surface area contributed by atoms with Gasteiger partial charge in [-0.2, -0.15) is 0 Å². The number of carbonyl (C=O) groups is 1. The van der Waals surface area contributed by atoms with Gasteiger partial charge in [-0.25, -0.2) is 0 Å². The summed E-state index contributed by atoms with van der Waals surface area (Å²) in [7, 11) is 1.43. The fourth-order valence-electron chi connectivity index (χ4n) is 1.71. The molecule has 1 N–H and O–H groups in total. The molecule has 108 valence electrons. The molecular formula is C14H11IN2O4. The lowest BCUT2D eigenvalue weighted by atomic mass is 10.1. The number of benzene rings is 2. The van der Waals surface area contributed by atoms with Gasteiger partial charge in [-0.1, -0.05) is 0 Å². The van der Waals surface area contributed by atoms with Gasteiger partial charge in [0, 0.05) is 15.3 Å². The summed E-state index contributed by atoms with van der Waals surface area (Å²) in [5.74, 6) is -0.171. The van der Waals surface area contributed by atoms with Gasteiger partial charge >= 0.3 is 0 Å². The van der Waals surface area contributed by atoms with Crippen molar-refractivity contribution in [1.82, 2.24) is 0 Å². The Morgan fingerprint density at radius 2 is 1.90 bits per heavy atom. The molecule has 21 heavy (non-hydrogen) atoms. The number of nitrogens with zero attached hydrogens (tertiary/aromatic N) is 1. The Morgan fingerprint density at radius 3 is 2.48 bits per heavy atom. The molecule has 2 aromatic rings. The Labute approximate surface area is 134 Å². The van der Waals surface area contributed by atoms with Crippen molar-refractivity contribution in [1.29, 1.82) is 0 Å². The van der Waals surface area contributed by atoms with E-state index in [9.17, 15) is 14.9 Å². The van der Waals surface area contributed by atoms with Crippen molar-refractivity contribution in [3.05, 3.63) is 61.7 Å². The predicted octanol–water partition coefficient (Wildman–Crippen LogP) is 3.46. The van der Waals surface area contributed by atoms with Crippen LogP contribution in [0, 0.1) is 13.7 Å². The highest BCUT2D eigenvalue weighted by Gasteiger charge is 2.21. The van der Waals surface area contributed by atoms with Crippen LogP contribution in [0.15, 0.2) is 42.5 Å². The SMILES string of the molecule is COc1ccc([N+](=O)[O-])c(C(=O)Nc2ccc(I)cc2)c1. The van der Waals surface area contributed by atoms with Crippen LogP contribution in [-0.4, -0.2) is 17.9 Å². The third-order valence-corrected chi connectivity index (χ3v) is 3.47. The minimum Gasteiger partial charge on any atom is -0.497 e. The Morgan fingerprint density at radius 1 is 1.24 bits per heavy atom. The first-order chi connectivity index (χ1) is 10.0. The number of ether oxygens (including phenoxy) is 1. The second-order valence-corrected chi connectivity index (χ2v) is 5.35. The van der Waals surface area contributed by atoms with Gasteiger partial charge in [-0.15, -0.1) is 0 Å². The standard InChI is InChI=1S/C14H11IN2O4/c1-21-11-6-7-13(17(19)20)12(8-11)14(18)16-10-4-2-9(15)3-5-10/h2-8H,1H3,(H,16,18). The molecule has 0 aliphatic rings. The number of hydrogen-bond acceptors (Lipinski definition) is 4. The fraction of sp³-hybridized carbons (Fsp3) is 0.0714. The summed E-state index contributed by atoms with van der Waals surface area (Å²) in [6.45, 7) is 0. The second-order valence-electron chi connectivity index (χ2n) is 4.10. The van der Waals surface area contributed by atoms with Crippen LogP contribution in [0.4, 0.5) is 11.4 Å². The number of nitrogens with one attached hydrogen (secondary N) is 1. The van der Waals surface area contributed by atoms with Gasteiger partial charge in [-0.3, -0.25) is 14.9 Å². The van der Waals surface area contributed by atoms with Gasteiger partial charge in [0.2, 0.25) is 0 Å². The number of carbonyl (C=O) groups excluding carboxylic acids is 1. The molecule has 0 radical (unpaired) electrons. The van der Waals surface area contributed by atoms with Crippen molar-refractivity contribution < 1.29 is 14.5 Å². The highest BCUT2D eigenvalue weighted by molar-refractivity contribution is 14.1. The van der Waals surface area contributed by atoms with E-state index in [1.165, 1.54) is 25.3 Å². The first-order valence-corrected chi connectivity index (χ1v) is 6.98. The largest absolute Gasteiger partial charge is 0.497 e. The van der Waals surface area contributed by atoms with Crippen LogP contribution in [0.25, 0.3) is 0 Å². The molecule has 1 amide bonds. The molecule has 0 saturated carbocycles. The number of halogens is 1. The minimum absolute atomic E-state index is 0.0436. The maximum atomic E-state index is 12.2. The van der Waals surface area contributed by atoms with Gasteiger partial charge in [-0.05, 0) is 59.0 Å². The summed E-state index contributed by atoms with van der Waals surface area (Å²) in [6, 6.07) is 11.2. The van der Waals surface area contributed by atoms with Crippen molar-refractivity contribution in [2.24, 2.45) is 0 Å². The quantitative estimate of drug-likeness (QED) is 0.486. The summed E-state index contributed by atoms with van der Waals surface area (Å²) < 4.78 is 6.03. The third kappa shape index (κ3) is 3.69. The van der Waals surface area contributed by atoms with Gasteiger partial charge in [0.05, 0.1) is 12.0 Å². The topological polar surface area (TPSA) is 81.5 Å². The minimum atomic E-state index is -0.595. The molecule has 0 aliphatic carbocycles. The molecule has 0 heterocycles. The van der Waals surface area contributed by atoms with E-state index >= 15 is 0 Å².